The van der Waals surface area contributed by atoms with Crippen molar-refractivity contribution in [3.8, 4) is 0 Å². The SMILES string of the molecule is Cc1ccc(C(=O)Nc2cc(C(C)(C)C)on2)cc1Nc1ncnc2cnc(N3CCN(C4CC4)CC3)nc12. The Morgan fingerprint density at radius 2 is 1.85 bits per heavy atom. The molecule has 1 aromatic carbocycles. The van der Waals surface area contributed by atoms with Gasteiger partial charge < -0.3 is 20.1 Å². The molecule has 4 heterocycles. The first-order chi connectivity index (χ1) is 18.7. The summed E-state index contributed by atoms with van der Waals surface area (Å²) >= 11 is 0. The van der Waals surface area contributed by atoms with Gasteiger partial charge in [0.25, 0.3) is 5.91 Å². The molecule has 2 aliphatic rings. The highest BCUT2D eigenvalue weighted by molar-refractivity contribution is 6.04. The first kappa shape index (κ1) is 25.2. The van der Waals surface area contributed by atoms with Gasteiger partial charge in [-0.25, -0.2) is 19.9 Å². The van der Waals surface area contributed by atoms with Crippen LogP contribution in [0.1, 0.15) is 55.3 Å². The number of hydrogen-bond donors (Lipinski definition) is 2. The van der Waals surface area contributed by atoms with Gasteiger partial charge in [0.1, 0.15) is 23.1 Å². The topological polar surface area (TPSA) is 125 Å². The van der Waals surface area contributed by atoms with Gasteiger partial charge in [0, 0.05) is 55.0 Å². The van der Waals surface area contributed by atoms with E-state index < -0.39 is 0 Å². The second kappa shape index (κ2) is 9.88. The second-order valence-corrected chi connectivity index (χ2v) is 11.3. The van der Waals surface area contributed by atoms with Gasteiger partial charge in [-0.15, -0.1) is 0 Å². The molecule has 1 amide bonds. The number of fused-ring (bicyclic) bond motifs is 1. The lowest BCUT2D eigenvalue weighted by Gasteiger charge is -2.34. The van der Waals surface area contributed by atoms with Gasteiger partial charge in [0.2, 0.25) is 5.95 Å². The summed E-state index contributed by atoms with van der Waals surface area (Å²) in [4.78, 5) is 36.1. The quantitative estimate of drug-likeness (QED) is 0.375. The number of rotatable bonds is 6. The number of nitrogens with zero attached hydrogens (tertiary/aromatic N) is 7. The Balaban J connectivity index is 1.22. The van der Waals surface area contributed by atoms with Gasteiger partial charge in [-0.05, 0) is 37.5 Å². The molecule has 0 bridgehead atoms. The van der Waals surface area contributed by atoms with Gasteiger partial charge in [-0.2, -0.15) is 0 Å². The van der Waals surface area contributed by atoms with Crippen LogP contribution in [0.4, 0.5) is 23.3 Å². The maximum atomic E-state index is 13.0. The van der Waals surface area contributed by atoms with Crippen LogP contribution in [0.5, 0.6) is 0 Å². The van der Waals surface area contributed by atoms with Crippen molar-refractivity contribution in [2.45, 2.75) is 52.0 Å². The van der Waals surface area contributed by atoms with Crippen LogP contribution < -0.4 is 15.5 Å². The van der Waals surface area contributed by atoms with E-state index in [2.05, 4.69) is 40.5 Å². The normalized spacial score (nSPS) is 16.5. The molecule has 39 heavy (non-hydrogen) atoms. The molecule has 1 saturated carbocycles. The van der Waals surface area contributed by atoms with E-state index in [-0.39, 0.29) is 11.3 Å². The number of anilines is 4. The summed E-state index contributed by atoms with van der Waals surface area (Å²) < 4.78 is 5.39. The van der Waals surface area contributed by atoms with Crippen molar-refractivity contribution in [2.24, 2.45) is 0 Å². The van der Waals surface area contributed by atoms with E-state index in [9.17, 15) is 4.79 Å². The van der Waals surface area contributed by atoms with Gasteiger partial charge in [0.15, 0.2) is 11.6 Å². The highest BCUT2D eigenvalue weighted by atomic mass is 16.5. The Labute approximate surface area is 227 Å². The number of carbonyl (C=O) groups excluding carboxylic acids is 1. The number of amides is 1. The molecular formula is C28H33N9O2. The molecule has 11 nitrogen and oxygen atoms in total. The predicted octanol–water partition coefficient (Wildman–Crippen LogP) is 4.29. The highest BCUT2D eigenvalue weighted by Crippen LogP contribution is 2.30. The van der Waals surface area contributed by atoms with Crippen LogP contribution in [-0.4, -0.2) is 68.1 Å². The largest absolute Gasteiger partial charge is 0.359 e. The van der Waals surface area contributed by atoms with Crippen LogP contribution in [-0.2, 0) is 5.41 Å². The van der Waals surface area contributed by atoms with Gasteiger partial charge >= 0.3 is 0 Å². The lowest BCUT2D eigenvalue weighted by atomic mass is 9.93. The third-order valence-electron chi connectivity index (χ3n) is 7.27. The number of piperazine rings is 1. The zero-order chi connectivity index (χ0) is 27.1. The van der Waals surface area contributed by atoms with Crippen molar-refractivity contribution in [3.63, 3.8) is 0 Å². The van der Waals surface area contributed by atoms with Crippen molar-refractivity contribution in [1.29, 1.82) is 0 Å². The summed E-state index contributed by atoms with van der Waals surface area (Å²) in [6.07, 6.45) is 5.88. The fourth-order valence-corrected chi connectivity index (χ4v) is 4.72. The average molecular weight is 528 g/mol. The van der Waals surface area contributed by atoms with Crippen molar-refractivity contribution in [1.82, 2.24) is 30.0 Å². The number of nitrogens with one attached hydrogen (secondary N) is 2. The van der Waals surface area contributed by atoms with Crippen molar-refractivity contribution in [3.05, 3.63) is 53.7 Å². The van der Waals surface area contributed by atoms with Crippen LogP contribution >= 0.6 is 0 Å². The fraction of sp³-hybridized carbons (Fsp3) is 0.429. The van der Waals surface area contributed by atoms with Crippen molar-refractivity contribution in [2.75, 3.05) is 41.7 Å². The number of benzene rings is 1. The summed E-state index contributed by atoms with van der Waals surface area (Å²) in [5, 5.41) is 10.2. The van der Waals surface area contributed by atoms with E-state index in [0.29, 0.717) is 39.9 Å². The fourth-order valence-electron chi connectivity index (χ4n) is 4.72. The van der Waals surface area contributed by atoms with E-state index in [1.165, 1.54) is 19.2 Å². The Morgan fingerprint density at radius 3 is 2.56 bits per heavy atom. The zero-order valence-corrected chi connectivity index (χ0v) is 22.7. The number of aryl methyl sites for hydroxylation is 1. The van der Waals surface area contributed by atoms with E-state index >= 15 is 0 Å². The molecule has 3 aromatic heterocycles. The Hall–Kier alpha value is -4.12. The molecule has 0 radical (unpaired) electrons. The molecule has 0 unspecified atom stereocenters. The molecule has 0 spiro atoms. The third kappa shape index (κ3) is 5.40. The number of carbonyl (C=O) groups is 1. The lowest BCUT2D eigenvalue weighted by Crippen LogP contribution is -2.47. The zero-order valence-electron chi connectivity index (χ0n) is 22.7. The van der Waals surface area contributed by atoms with Crippen LogP contribution in [0.15, 0.2) is 41.3 Å². The Kier molecular flexibility index (Phi) is 6.38. The molecule has 2 fully saturated rings. The Bertz CT molecular complexity index is 1520. The summed E-state index contributed by atoms with van der Waals surface area (Å²) in [7, 11) is 0. The van der Waals surface area contributed by atoms with Crippen LogP contribution in [0.2, 0.25) is 0 Å². The number of aromatic nitrogens is 5. The summed E-state index contributed by atoms with van der Waals surface area (Å²) in [6, 6.07) is 7.99. The number of hydrogen-bond acceptors (Lipinski definition) is 10. The lowest BCUT2D eigenvalue weighted by molar-refractivity contribution is 0.102. The predicted molar refractivity (Wildman–Crippen MR) is 150 cm³/mol. The second-order valence-electron chi connectivity index (χ2n) is 11.3. The maximum absolute atomic E-state index is 13.0. The van der Waals surface area contributed by atoms with Gasteiger partial charge in [-0.3, -0.25) is 9.69 Å². The standard InChI is InChI=1S/C28H33N9O2/c1-17-5-6-18(26(38)33-23-14-22(39-35-23)28(2,3)4)13-20(17)32-25-24-21(30-16-31-25)15-29-27(34-24)37-11-9-36(10-12-37)19-7-8-19/h5-6,13-16,19H,7-12H2,1-4H3,(H,30,31,32)(H,33,35,38). The average Bonchev–Trinajstić information content (AvgIpc) is 3.67. The molecule has 2 N–H and O–H groups in total. The van der Waals surface area contributed by atoms with E-state index in [0.717, 1.165) is 43.5 Å². The van der Waals surface area contributed by atoms with E-state index in [1.54, 1.807) is 24.4 Å². The first-order valence-electron chi connectivity index (χ1n) is 13.4. The van der Waals surface area contributed by atoms with Crippen molar-refractivity contribution < 1.29 is 9.32 Å². The Morgan fingerprint density at radius 1 is 1.05 bits per heavy atom. The molecule has 1 aliphatic carbocycles. The third-order valence-corrected chi connectivity index (χ3v) is 7.27. The van der Waals surface area contributed by atoms with Crippen LogP contribution in [0.25, 0.3) is 11.0 Å². The maximum Gasteiger partial charge on any atom is 0.256 e. The van der Waals surface area contributed by atoms with Crippen LogP contribution in [0, 0.1) is 6.92 Å². The van der Waals surface area contributed by atoms with Gasteiger partial charge in [0.05, 0.1) is 6.20 Å². The monoisotopic (exact) mass is 527 g/mol. The molecule has 4 aromatic rings. The molecular weight excluding hydrogens is 494 g/mol. The molecule has 1 saturated heterocycles. The molecule has 0 atom stereocenters. The smallest absolute Gasteiger partial charge is 0.256 e. The summed E-state index contributed by atoms with van der Waals surface area (Å²) in [5.41, 5.74) is 3.27. The summed E-state index contributed by atoms with van der Waals surface area (Å²) in [5.74, 6) is 2.04. The van der Waals surface area contributed by atoms with Gasteiger partial charge in [-0.1, -0.05) is 32.0 Å². The highest BCUT2D eigenvalue weighted by Gasteiger charge is 2.31. The summed E-state index contributed by atoms with van der Waals surface area (Å²) in [6.45, 7) is 11.9. The molecule has 1 aliphatic heterocycles. The first-order valence-corrected chi connectivity index (χ1v) is 13.4. The van der Waals surface area contributed by atoms with E-state index in [1.807, 2.05) is 33.8 Å². The minimum Gasteiger partial charge on any atom is -0.359 e. The van der Waals surface area contributed by atoms with Crippen molar-refractivity contribution >= 4 is 40.2 Å². The van der Waals surface area contributed by atoms with Crippen LogP contribution in [0.3, 0.4) is 0 Å². The molecule has 6 rings (SSSR count). The van der Waals surface area contributed by atoms with E-state index in [4.69, 9.17) is 9.51 Å². The minimum atomic E-state index is -0.283. The molecule has 11 heteroatoms. The molecule has 202 valence electrons. The minimum absolute atomic E-state index is 0.203.